The molecule has 0 aliphatic heterocycles. The fraction of sp³-hybridized carbons (Fsp3) is 0.412. The van der Waals surface area contributed by atoms with Crippen LogP contribution in [0.1, 0.15) is 36.1 Å². The molecule has 1 heterocycles. The van der Waals surface area contributed by atoms with Crippen molar-refractivity contribution in [3.8, 4) is 0 Å². The van der Waals surface area contributed by atoms with E-state index in [1.807, 2.05) is 6.07 Å². The van der Waals surface area contributed by atoms with Gasteiger partial charge in [-0.2, -0.15) is 0 Å². The van der Waals surface area contributed by atoms with E-state index in [2.05, 4.69) is 42.6 Å². The Morgan fingerprint density at radius 1 is 1.26 bits per heavy atom. The highest BCUT2D eigenvalue weighted by Crippen LogP contribution is 2.34. The first kappa shape index (κ1) is 12.5. The van der Waals surface area contributed by atoms with E-state index in [0.717, 1.165) is 25.1 Å². The van der Waals surface area contributed by atoms with Gasteiger partial charge in [-0.3, -0.25) is 0 Å². The fourth-order valence-corrected chi connectivity index (χ4v) is 2.80. The highest BCUT2D eigenvalue weighted by atomic mass is 16.3. The van der Waals surface area contributed by atoms with Crippen molar-refractivity contribution < 1.29 is 4.42 Å². The summed E-state index contributed by atoms with van der Waals surface area (Å²) in [5.41, 5.74) is 3.06. The molecule has 0 fully saturated rings. The summed E-state index contributed by atoms with van der Waals surface area (Å²) >= 11 is 0. The van der Waals surface area contributed by atoms with Gasteiger partial charge in [-0.15, -0.1) is 0 Å². The Balaban J connectivity index is 1.41. The monoisotopic (exact) mass is 255 g/mol. The standard InChI is InChI=1S/C17H21NO/c1-13(8-9-16-6-4-10-19-16)18-12-15-11-14-5-2-3-7-17(14)15/h2-7,10,13,15,18H,8-9,11-12H2,1H3. The van der Waals surface area contributed by atoms with Gasteiger partial charge in [0.15, 0.2) is 0 Å². The van der Waals surface area contributed by atoms with Gasteiger partial charge in [0.2, 0.25) is 0 Å². The Morgan fingerprint density at radius 2 is 2.16 bits per heavy atom. The van der Waals surface area contributed by atoms with Crippen molar-refractivity contribution in [2.45, 2.75) is 38.1 Å². The zero-order valence-electron chi connectivity index (χ0n) is 11.4. The number of aryl methyl sites for hydroxylation is 1. The van der Waals surface area contributed by atoms with Crippen molar-refractivity contribution in [2.75, 3.05) is 6.54 Å². The molecule has 1 aromatic carbocycles. The molecule has 0 saturated carbocycles. The van der Waals surface area contributed by atoms with Crippen molar-refractivity contribution in [3.63, 3.8) is 0 Å². The second-order valence-corrected chi connectivity index (χ2v) is 5.53. The molecule has 0 spiro atoms. The normalized spacial score (nSPS) is 18.7. The molecule has 1 aromatic heterocycles. The first-order chi connectivity index (χ1) is 9.33. The Bertz CT molecular complexity index is 518. The van der Waals surface area contributed by atoms with Crippen molar-refractivity contribution in [1.82, 2.24) is 5.32 Å². The van der Waals surface area contributed by atoms with E-state index in [1.165, 1.54) is 17.5 Å². The molecule has 2 atom stereocenters. The highest BCUT2D eigenvalue weighted by Gasteiger charge is 2.25. The van der Waals surface area contributed by atoms with Crippen LogP contribution in [0, 0.1) is 0 Å². The van der Waals surface area contributed by atoms with Crippen LogP contribution in [-0.2, 0) is 12.8 Å². The second-order valence-electron chi connectivity index (χ2n) is 5.53. The van der Waals surface area contributed by atoms with Crippen LogP contribution < -0.4 is 5.32 Å². The Morgan fingerprint density at radius 3 is 2.95 bits per heavy atom. The molecule has 1 aliphatic carbocycles. The molecule has 2 unspecified atom stereocenters. The van der Waals surface area contributed by atoms with Gasteiger partial charge in [-0.1, -0.05) is 24.3 Å². The van der Waals surface area contributed by atoms with Crippen LogP contribution >= 0.6 is 0 Å². The molecular weight excluding hydrogens is 234 g/mol. The van der Waals surface area contributed by atoms with Crippen LogP contribution in [-0.4, -0.2) is 12.6 Å². The summed E-state index contributed by atoms with van der Waals surface area (Å²) in [4.78, 5) is 0. The second kappa shape index (κ2) is 5.62. The van der Waals surface area contributed by atoms with Gasteiger partial charge >= 0.3 is 0 Å². The lowest BCUT2D eigenvalue weighted by Crippen LogP contribution is -2.34. The number of hydrogen-bond acceptors (Lipinski definition) is 2. The van der Waals surface area contributed by atoms with Gasteiger partial charge in [-0.25, -0.2) is 0 Å². The average molecular weight is 255 g/mol. The summed E-state index contributed by atoms with van der Waals surface area (Å²) in [7, 11) is 0. The number of rotatable bonds is 6. The maximum atomic E-state index is 5.36. The Kier molecular flexibility index (Phi) is 3.69. The SMILES string of the molecule is CC(CCc1ccco1)NCC1Cc2ccccc21. The van der Waals surface area contributed by atoms with E-state index < -0.39 is 0 Å². The third-order valence-electron chi connectivity index (χ3n) is 4.08. The number of nitrogens with one attached hydrogen (secondary N) is 1. The van der Waals surface area contributed by atoms with Crippen molar-refractivity contribution in [1.29, 1.82) is 0 Å². The Hall–Kier alpha value is -1.54. The fourth-order valence-electron chi connectivity index (χ4n) is 2.80. The minimum Gasteiger partial charge on any atom is -0.469 e. The molecule has 2 heteroatoms. The maximum absolute atomic E-state index is 5.36. The molecular formula is C17H21NO. The van der Waals surface area contributed by atoms with Gasteiger partial charge in [0, 0.05) is 24.9 Å². The van der Waals surface area contributed by atoms with E-state index in [4.69, 9.17) is 4.42 Å². The van der Waals surface area contributed by atoms with Crippen LogP contribution in [0.2, 0.25) is 0 Å². The van der Waals surface area contributed by atoms with E-state index in [9.17, 15) is 0 Å². The highest BCUT2D eigenvalue weighted by molar-refractivity contribution is 5.40. The Labute approximate surface area is 114 Å². The molecule has 1 aliphatic rings. The third-order valence-corrected chi connectivity index (χ3v) is 4.08. The third kappa shape index (κ3) is 2.90. The number of benzene rings is 1. The van der Waals surface area contributed by atoms with Gasteiger partial charge in [0.05, 0.1) is 6.26 Å². The van der Waals surface area contributed by atoms with Crippen LogP contribution in [0.15, 0.2) is 47.1 Å². The van der Waals surface area contributed by atoms with Crippen LogP contribution in [0.5, 0.6) is 0 Å². The lowest BCUT2D eigenvalue weighted by Gasteiger charge is -2.31. The summed E-state index contributed by atoms with van der Waals surface area (Å²) in [6.45, 7) is 3.35. The average Bonchev–Trinajstić information content (AvgIpc) is 2.90. The van der Waals surface area contributed by atoms with Gasteiger partial charge in [0.25, 0.3) is 0 Å². The molecule has 0 saturated heterocycles. The summed E-state index contributed by atoms with van der Waals surface area (Å²) in [5.74, 6) is 1.80. The van der Waals surface area contributed by atoms with Crippen molar-refractivity contribution in [3.05, 3.63) is 59.5 Å². The first-order valence-corrected chi connectivity index (χ1v) is 7.16. The molecule has 0 amide bonds. The van der Waals surface area contributed by atoms with E-state index in [1.54, 1.807) is 6.26 Å². The minimum absolute atomic E-state index is 0.540. The van der Waals surface area contributed by atoms with Gasteiger partial charge < -0.3 is 9.73 Å². The number of fused-ring (bicyclic) bond motifs is 1. The molecule has 19 heavy (non-hydrogen) atoms. The van der Waals surface area contributed by atoms with Crippen molar-refractivity contribution in [2.24, 2.45) is 0 Å². The minimum atomic E-state index is 0.540. The lowest BCUT2D eigenvalue weighted by atomic mass is 9.77. The van der Waals surface area contributed by atoms with E-state index >= 15 is 0 Å². The van der Waals surface area contributed by atoms with Crippen LogP contribution in [0.3, 0.4) is 0 Å². The molecule has 1 N–H and O–H groups in total. The molecule has 3 rings (SSSR count). The number of furan rings is 1. The molecule has 2 aromatic rings. The van der Waals surface area contributed by atoms with E-state index in [0.29, 0.717) is 12.0 Å². The van der Waals surface area contributed by atoms with Gasteiger partial charge in [-0.05, 0) is 43.0 Å². The van der Waals surface area contributed by atoms with Gasteiger partial charge in [0.1, 0.15) is 5.76 Å². The summed E-state index contributed by atoms with van der Waals surface area (Å²) in [6, 6.07) is 13.3. The summed E-state index contributed by atoms with van der Waals surface area (Å²) in [5, 5.41) is 3.65. The number of hydrogen-bond donors (Lipinski definition) is 1. The maximum Gasteiger partial charge on any atom is 0.103 e. The summed E-state index contributed by atoms with van der Waals surface area (Å²) < 4.78 is 5.36. The van der Waals surface area contributed by atoms with Crippen LogP contribution in [0.4, 0.5) is 0 Å². The predicted octanol–water partition coefficient (Wildman–Crippen LogP) is 3.53. The molecule has 2 nitrogen and oxygen atoms in total. The summed E-state index contributed by atoms with van der Waals surface area (Å²) in [6.07, 6.45) is 5.12. The quantitative estimate of drug-likeness (QED) is 0.854. The molecule has 100 valence electrons. The van der Waals surface area contributed by atoms with Crippen LogP contribution in [0.25, 0.3) is 0 Å². The zero-order valence-corrected chi connectivity index (χ0v) is 11.4. The van der Waals surface area contributed by atoms with E-state index in [-0.39, 0.29) is 0 Å². The smallest absolute Gasteiger partial charge is 0.103 e. The lowest BCUT2D eigenvalue weighted by molar-refractivity contribution is 0.437. The first-order valence-electron chi connectivity index (χ1n) is 7.16. The molecule has 0 bridgehead atoms. The van der Waals surface area contributed by atoms with Crippen molar-refractivity contribution >= 4 is 0 Å². The molecule has 0 radical (unpaired) electrons. The topological polar surface area (TPSA) is 25.2 Å². The predicted molar refractivity (Wildman–Crippen MR) is 77.4 cm³/mol. The zero-order chi connectivity index (χ0) is 13.1. The largest absolute Gasteiger partial charge is 0.469 e.